The number of nitrogens with one attached hydrogen (secondary N) is 1. The van der Waals surface area contributed by atoms with Crippen LogP contribution in [0.1, 0.15) is 26.2 Å². The van der Waals surface area contributed by atoms with Gasteiger partial charge in [-0.15, -0.1) is 0 Å². The third-order valence-corrected chi connectivity index (χ3v) is 4.49. The van der Waals surface area contributed by atoms with E-state index >= 15 is 0 Å². The van der Waals surface area contributed by atoms with Crippen molar-refractivity contribution in [3.8, 4) is 6.07 Å². The van der Waals surface area contributed by atoms with Crippen molar-refractivity contribution in [2.45, 2.75) is 36.9 Å². The fourth-order valence-electron chi connectivity index (χ4n) is 2.00. The van der Waals surface area contributed by atoms with Crippen molar-refractivity contribution < 1.29 is 0 Å². The van der Waals surface area contributed by atoms with Gasteiger partial charge in [-0.1, -0.05) is 18.7 Å². The molecular formula is C12H19N5S. The maximum atomic E-state index is 9.54. The van der Waals surface area contributed by atoms with Gasteiger partial charge >= 0.3 is 0 Å². The van der Waals surface area contributed by atoms with Crippen LogP contribution in [0.15, 0.2) is 11.5 Å². The van der Waals surface area contributed by atoms with Crippen molar-refractivity contribution in [3.63, 3.8) is 0 Å². The lowest BCUT2D eigenvalue weighted by molar-refractivity contribution is 0.405. The molecule has 1 atom stereocenters. The van der Waals surface area contributed by atoms with Crippen LogP contribution in [0.5, 0.6) is 0 Å². The van der Waals surface area contributed by atoms with Gasteiger partial charge in [0.15, 0.2) is 5.16 Å². The van der Waals surface area contributed by atoms with Crippen LogP contribution in [0.4, 0.5) is 0 Å². The lowest BCUT2D eigenvalue weighted by Crippen LogP contribution is -2.48. The summed E-state index contributed by atoms with van der Waals surface area (Å²) in [4.78, 5) is 4.19. The quantitative estimate of drug-likeness (QED) is 0.758. The number of hydrogen-bond acceptors (Lipinski definition) is 5. The first kappa shape index (κ1) is 13.4. The highest BCUT2D eigenvalue weighted by Crippen LogP contribution is 2.41. The van der Waals surface area contributed by atoms with E-state index in [2.05, 4.69) is 28.4 Å². The Labute approximate surface area is 112 Å². The highest BCUT2D eigenvalue weighted by Gasteiger charge is 2.45. The van der Waals surface area contributed by atoms with E-state index in [0.717, 1.165) is 36.7 Å². The summed E-state index contributed by atoms with van der Waals surface area (Å²) < 4.78 is 1.75. The normalized spacial score (nSPS) is 18.3. The van der Waals surface area contributed by atoms with E-state index in [1.807, 2.05) is 7.05 Å². The summed E-state index contributed by atoms with van der Waals surface area (Å²) in [5.74, 6) is 1.23. The number of aryl methyl sites for hydroxylation is 1. The lowest BCUT2D eigenvalue weighted by Gasteiger charge is -2.27. The van der Waals surface area contributed by atoms with Crippen LogP contribution in [-0.4, -0.2) is 32.6 Å². The Hall–Kier alpha value is -1.06. The molecule has 2 rings (SSSR count). The fourth-order valence-corrected chi connectivity index (χ4v) is 3.11. The molecule has 6 heteroatoms. The Kier molecular flexibility index (Phi) is 4.25. The Morgan fingerprint density at radius 1 is 1.67 bits per heavy atom. The lowest BCUT2D eigenvalue weighted by atomic mass is 9.97. The van der Waals surface area contributed by atoms with Gasteiger partial charge in [-0.05, 0) is 31.7 Å². The number of rotatable bonds is 7. The molecule has 0 aliphatic heterocycles. The van der Waals surface area contributed by atoms with Gasteiger partial charge in [0, 0.05) is 12.8 Å². The highest BCUT2D eigenvalue weighted by molar-refractivity contribution is 7.99. The topological polar surface area (TPSA) is 66.5 Å². The van der Waals surface area contributed by atoms with Gasteiger partial charge < -0.3 is 0 Å². The number of hydrogen-bond donors (Lipinski definition) is 1. The summed E-state index contributed by atoms with van der Waals surface area (Å²) in [6, 6.07) is 2.50. The summed E-state index contributed by atoms with van der Waals surface area (Å²) >= 11 is 1.61. The molecule has 5 nitrogen and oxygen atoms in total. The molecule has 1 aliphatic carbocycles. The minimum atomic E-state index is -0.396. The predicted octanol–water partition coefficient (Wildman–Crippen LogP) is 1.58. The largest absolute Gasteiger partial charge is 0.298 e. The number of thioether (sulfide) groups is 1. The number of nitrogens with zero attached hydrogens (tertiary/aromatic N) is 4. The van der Waals surface area contributed by atoms with Crippen LogP contribution in [0.25, 0.3) is 0 Å². The molecule has 0 bridgehead atoms. The van der Waals surface area contributed by atoms with Crippen molar-refractivity contribution >= 4 is 11.8 Å². The van der Waals surface area contributed by atoms with E-state index in [9.17, 15) is 5.26 Å². The molecule has 0 radical (unpaired) electrons. The average molecular weight is 265 g/mol. The molecule has 1 unspecified atom stereocenters. The van der Waals surface area contributed by atoms with E-state index in [1.165, 1.54) is 0 Å². The van der Waals surface area contributed by atoms with E-state index in [1.54, 1.807) is 22.8 Å². The molecular weight excluding hydrogens is 246 g/mol. The smallest absolute Gasteiger partial charge is 0.185 e. The van der Waals surface area contributed by atoms with Crippen LogP contribution in [0.2, 0.25) is 0 Å². The summed E-state index contributed by atoms with van der Waals surface area (Å²) in [6.07, 6.45) is 4.91. The van der Waals surface area contributed by atoms with E-state index in [4.69, 9.17) is 0 Å². The Morgan fingerprint density at radius 2 is 2.44 bits per heavy atom. The highest BCUT2D eigenvalue weighted by atomic mass is 32.2. The maximum Gasteiger partial charge on any atom is 0.185 e. The van der Waals surface area contributed by atoms with Crippen LogP contribution in [-0.2, 0) is 7.05 Å². The third-order valence-electron chi connectivity index (χ3n) is 3.26. The molecule has 1 aliphatic rings. The van der Waals surface area contributed by atoms with Gasteiger partial charge in [-0.3, -0.25) is 5.32 Å². The van der Waals surface area contributed by atoms with E-state index < -0.39 is 5.54 Å². The number of aromatic nitrogens is 3. The zero-order valence-electron chi connectivity index (χ0n) is 10.9. The van der Waals surface area contributed by atoms with Crippen molar-refractivity contribution in [1.82, 2.24) is 20.1 Å². The molecule has 1 heterocycles. The average Bonchev–Trinajstić information content (AvgIpc) is 3.15. The molecule has 0 amide bonds. The van der Waals surface area contributed by atoms with E-state index in [0.29, 0.717) is 5.92 Å². The second-order valence-electron chi connectivity index (χ2n) is 4.74. The van der Waals surface area contributed by atoms with Gasteiger partial charge in [-0.25, -0.2) is 9.67 Å². The van der Waals surface area contributed by atoms with Crippen molar-refractivity contribution in [2.24, 2.45) is 13.0 Å². The fraction of sp³-hybridized carbons (Fsp3) is 0.750. The molecule has 1 aromatic rings. The zero-order valence-corrected chi connectivity index (χ0v) is 11.7. The van der Waals surface area contributed by atoms with E-state index in [-0.39, 0.29) is 0 Å². The molecule has 98 valence electrons. The van der Waals surface area contributed by atoms with Crippen LogP contribution >= 0.6 is 11.8 Å². The van der Waals surface area contributed by atoms with Gasteiger partial charge in [0.05, 0.1) is 6.07 Å². The van der Waals surface area contributed by atoms with Gasteiger partial charge in [0.1, 0.15) is 11.9 Å². The second kappa shape index (κ2) is 5.72. The molecule has 1 aromatic heterocycles. The summed E-state index contributed by atoms with van der Waals surface area (Å²) in [5.41, 5.74) is -0.396. The van der Waals surface area contributed by atoms with Crippen LogP contribution < -0.4 is 5.32 Å². The van der Waals surface area contributed by atoms with Crippen molar-refractivity contribution in [2.75, 3.05) is 12.3 Å². The van der Waals surface area contributed by atoms with Crippen molar-refractivity contribution in [3.05, 3.63) is 6.33 Å². The molecule has 0 saturated heterocycles. The minimum absolute atomic E-state index is 0.396. The summed E-state index contributed by atoms with van der Waals surface area (Å²) in [6.45, 7) is 3.02. The third kappa shape index (κ3) is 2.85. The Balaban J connectivity index is 2.01. The van der Waals surface area contributed by atoms with Gasteiger partial charge in [0.25, 0.3) is 0 Å². The number of nitriles is 1. The maximum absolute atomic E-state index is 9.54. The molecule has 1 fully saturated rings. The Morgan fingerprint density at radius 3 is 2.94 bits per heavy atom. The van der Waals surface area contributed by atoms with Crippen molar-refractivity contribution in [1.29, 1.82) is 5.26 Å². The summed E-state index contributed by atoms with van der Waals surface area (Å²) in [5, 5.41) is 17.9. The second-order valence-corrected chi connectivity index (χ2v) is 5.68. The van der Waals surface area contributed by atoms with Gasteiger partial charge in [0.2, 0.25) is 0 Å². The molecule has 18 heavy (non-hydrogen) atoms. The minimum Gasteiger partial charge on any atom is -0.298 e. The molecule has 0 aromatic carbocycles. The van der Waals surface area contributed by atoms with Crippen LogP contribution in [0, 0.1) is 17.2 Å². The molecule has 1 N–H and O–H groups in total. The predicted molar refractivity (Wildman–Crippen MR) is 71.1 cm³/mol. The Bertz CT molecular complexity index is 434. The summed E-state index contributed by atoms with van der Waals surface area (Å²) in [7, 11) is 1.87. The zero-order chi connectivity index (χ0) is 13.0. The SMILES string of the molecule is CCCNC(C#N)(CSc1ncnn1C)C1CC1. The first-order valence-corrected chi connectivity index (χ1v) is 7.33. The first-order valence-electron chi connectivity index (χ1n) is 6.35. The standard InChI is InChI=1S/C12H19N5S/c1-3-6-15-12(7-13,10-4-5-10)8-18-11-14-9-16-17(11)2/h9-10,15H,3-6,8H2,1-2H3. The first-order chi connectivity index (χ1) is 8.72. The van der Waals surface area contributed by atoms with Crippen LogP contribution in [0.3, 0.4) is 0 Å². The van der Waals surface area contributed by atoms with Gasteiger partial charge in [-0.2, -0.15) is 10.4 Å². The molecule has 0 spiro atoms. The monoisotopic (exact) mass is 265 g/mol. The molecule has 1 saturated carbocycles.